The summed E-state index contributed by atoms with van der Waals surface area (Å²) in [6.45, 7) is 4.49. The lowest BCUT2D eigenvalue weighted by atomic mass is 9.78. The molecule has 2 nitrogen and oxygen atoms in total. The highest BCUT2D eigenvalue weighted by Crippen LogP contribution is 2.29. The predicted molar refractivity (Wildman–Crippen MR) is 49.8 cm³/mol. The molecule has 0 unspecified atom stereocenters. The highest BCUT2D eigenvalue weighted by atomic mass is 16.1. The SMILES string of the molecule is CC(C)[C@H]1CCCC[C@H]1NC=O. The Bertz CT molecular complexity index is 145. The minimum Gasteiger partial charge on any atom is -0.356 e. The molecule has 0 spiro atoms. The standard InChI is InChI=1S/C10H19NO/c1-8(2)9-5-3-4-6-10(9)11-7-12/h7-10H,3-6H2,1-2H3,(H,11,12)/t9-,10-/m1/s1. The Morgan fingerprint density at radius 2 is 2.00 bits per heavy atom. The van der Waals surface area contributed by atoms with Gasteiger partial charge in [0.25, 0.3) is 0 Å². The average Bonchev–Trinajstić information content (AvgIpc) is 2.05. The average molecular weight is 169 g/mol. The maximum Gasteiger partial charge on any atom is 0.207 e. The third-order valence-electron chi connectivity index (χ3n) is 2.96. The van der Waals surface area contributed by atoms with E-state index in [-0.39, 0.29) is 0 Å². The smallest absolute Gasteiger partial charge is 0.207 e. The molecule has 1 saturated carbocycles. The fraction of sp³-hybridized carbons (Fsp3) is 0.900. The number of nitrogens with one attached hydrogen (secondary N) is 1. The zero-order valence-electron chi connectivity index (χ0n) is 8.05. The highest BCUT2D eigenvalue weighted by molar-refractivity contribution is 5.46. The van der Waals surface area contributed by atoms with Crippen LogP contribution in [0.5, 0.6) is 0 Å². The van der Waals surface area contributed by atoms with E-state index in [2.05, 4.69) is 19.2 Å². The van der Waals surface area contributed by atoms with E-state index in [1.165, 1.54) is 25.7 Å². The first kappa shape index (κ1) is 9.56. The number of hydrogen-bond donors (Lipinski definition) is 1. The Morgan fingerprint density at radius 1 is 1.33 bits per heavy atom. The van der Waals surface area contributed by atoms with Crippen LogP contribution in [0.2, 0.25) is 0 Å². The van der Waals surface area contributed by atoms with E-state index in [4.69, 9.17) is 0 Å². The van der Waals surface area contributed by atoms with Crippen LogP contribution < -0.4 is 5.32 Å². The van der Waals surface area contributed by atoms with Crippen molar-refractivity contribution in [1.82, 2.24) is 5.32 Å². The molecule has 12 heavy (non-hydrogen) atoms. The van der Waals surface area contributed by atoms with Crippen LogP contribution in [-0.2, 0) is 4.79 Å². The van der Waals surface area contributed by atoms with Gasteiger partial charge in [0.1, 0.15) is 0 Å². The lowest BCUT2D eigenvalue weighted by Crippen LogP contribution is -2.40. The molecule has 0 aliphatic heterocycles. The first-order valence-electron chi connectivity index (χ1n) is 4.95. The van der Waals surface area contributed by atoms with E-state index in [0.717, 1.165) is 6.41 Å². The largest absolute Gasteiger partial charge is 0.356 e. The number of carbonyl (C=O) groups is 1. The molecule has 1 amide bonds. The van der Waals surface area contributed by atoms with Gasteiger partial charge < -0.3 is 5.32 Å². The first-order valence-corrected chi connectivity index (χ1v) is 4.95. The van der Waals surface area contributed by atoms with Crippen molar-refractivity contribution in [3.05, 3.63) is 0 Å². The van der Waals surface area contributed by atoms with Gasteiger partial charge in [0, 0.05) is 6.04 Å². The summed E-state index contributed by atoms with van der Waals surface area (Å²) in [5.41, 5.74) is 0. The minimum atomic E-state index is 0.441. The summed E-state index contributed by atoms with van der Waals surface area (Å²) in [5.74, 6) is 1.40. The third kappa shape index (κ3) is 2.23. The molecule has 0 aromatic heterocycles. The molecule has 1 rings (SSSR count). The number of carbonyl (C=O) groups excluding carboxylic acids is 1. The van der Waals surface area contributed by atoms with Crippen molar-refractivity contribution in [2.75, 3.05) is 0 Å². The van der Waals surface area contributed by atoms with Gasteiger partial charge in [-0.05, 0) is 24.7 Å². The molecule has 70 valence electrons. The molecule has 2 heteroatoms. The maximum atomic E-state index is 10.3. The van der Waals surface area contributed by atoms with Gasteiger partial charge in [-0.2, -0.15) is 0 Å². The number of hydrogen-bond acceptors (Lipinski definition) is 1. The lowest BCUT2D eigenvalue weighted by Gasteiger charge is -2.33. The number of rotatable bonds is 3. The van der Waals surface area contributed by atoms with Crippen molar-refractivity contribution >= 4 is 6.41 Å². The van der Waals surface area contributed by atoms with Crippen LogP contribution in [0.15, 0.2) is 0 Å². The third-order valence-corrected chi connectivity index (χ3v) is 2.96. The van der Waals surface area contributed by atoms with Gasteiger partial charge in [0.2, 0.25) is 6.41 Å². The van der Waals surface area contributed by atoms with Crippen molar-refractivity contribution in [3.8, 4) is 0 Å². The van der Waals surface area contributed by atoms with E-state index in [1.807, 2.05) is 0 Å². The monoisotopic (exact) mass is 169 g/mol. The summed E-state index contributed by atoms with van der Waals surface area (Å²) in [6.07, 6.45) is 5.91. The van der Waals surface area contributed by atoms with Gasteiger partial charge in [-0.25, -0.2) is 0 Å². The van der Waals surface area contributed by atoms with Crippen molar-refractivity contribution in [1.29, 1.82) is 0 Å². The Kier molecular flexibility index (Phi) is 3.57. The highest BCUT2D eigenvalue weighted by Gasteiger charge is 2.26. The molecule has 1 fully saturated rings. The maximum absolute atomic E-state index is 10.3. The van der Waals surface area contributed by atoms with Crippen molar-refractivity contribution < 1.29 is 4.79 Å². The van der Waals surface area contributed by atoms with Crippen LogP contribution in [0.25, 0.3) is 0 Å². The first-order chi connectivity index (χ1) is 5.75. The second-order valence-electron chi connectivity index (χ2n) is 4.08. The van der Waals surface area contributed by atoms with Crippen LogP contribution in [-0.4, -0.2) is 12.5 Å². The van der Waals surface area contributed by atoms with E-state index in [0.29, 0.717) is 17.9 Å². The second kappa shape index (κ2) is 4.48. The summed E-state index contributed by atoms with van der Waals surface area (Å²) in [6, 6.07) is 0.441. The van der Waals surface area contributed by atoms with Crippen LogP contribution in [0.4, 0.5) is 0 Å². The molecule has 2 atom stereocenters. The van der Waals surface area contributed by atoms with Crippen molar-refractivity contribution in [2.24, 2.45) is 11.8 Å². The van der Waals surface area contributed by atoms with E-state index >= 15 is 0 Å². The van der Waals surface area contributed by atoms with Gasteiger partial charge in [0.05, 0.1) is 0 Å². The summed E-state index contributed by atoms with van der Waals surface area (Å²) in [4.78, 5) is 10.3. The van der Waals surface area contributed by atoms with E-state index in [9.17, 15) is 4.79 Å². The molecular formula is C10H19NO. The fourth-order valence-electron chi connectivity index (χ4n) is 2.25. The van der Waals surface area contributed by atoms with Crippen molar-refractivity contribution in [2.45, 2.75) is 45.6 Å². The van der Waals surface area contributed by atoms with Crippen molar-refractivity contribution in [3.63, 3.8) is 0 Å². The van der Waals surface area contributed by atoms with E-state index in [1.54, 1.807) is 0 Å². The lowest BCUT2D eigenvalue weighted by molar-refractivity contribution is -0.110. The van der Waals surface area contributed by atoms with Crippen LogP contribution in [0, 0.1) is 11.8 Å². The van der Waals surface area contributed by atoms with Gasteiger partial charge in [-0.3, -0.25) is 4.79 Å². The molecule has 1 aliphatic carbocycles. The molecule has 0 radical (unpaired) electrons. The van der Waals surface area contributed by atoms with Gasteiger partial charge in [-0.15, -0.1) is 0 Å². The molecule has 0 aromatic rings. The molecule has 1 aliphatic rings. The van der Waals surface area contributed by atoms with Gasteiger partial charge in [0.15, 0.2) is 0 Å². The predicted octanol–water partition coefficient (Wildman–Crippen LogP) is 1.95. The van der Waals surface area contributed by atoms with Gasteiger partial charge >= 0.3 is 0 Å². The molecule has 0 aromatic carbocycles. The molecular weight excluding hydrogens is 150 g/mol. The summed E-state index contributed by atoms with van der Waals surface area (Å²) >= 11 is 0. The van der Waals surface area contributed by atoms with Crippen LogP contribution in [0.3, 0.4) is 0 Å². The van der Waals surface area contributed by atoms with Crippen LogP contribution >= 0.6 is 0 Å². The van der Waals surface area contributed by atoms with Gasteiger partial charge in [-0.1, -0.05) is 26.7 Å². The quantitative estimate of drug-likeness (QED) is 0.643. The molecule has 0 bridgehead atoms. The minimum absolute atomic E-state index is 0.441. The Morgan fingerprint density at radius 3 is 2.58 bits per heavy atom. The van der Waals surface area contributed by atoms with E-state index < -0.39 is 0 Å². The normalized spacial score (nSPS) is 30.2. The second-order valence-corrected chi connectivity index (χ2v) is 4.08. The Hall–Kier alpha value is -0.530. The zero-order chi connectivity index (χ0) is 8.97. The summed E-state index contributed by atoms with van der Waals surface area (Å²) in [7, 11) is 0. The Balaban J connectivity index is 2.47. The zero-order valence-corrected chi connectivity index (χ0v) is 8.05. The summed E-state index contributed by atoms with van der Waals surface area (Å²) < 4.78 is 0. The Labute approximate surface area is 74.7 Å². The summed E-state index contributed by atoms with van der Waals surface area (Å²) in [5, 5.41) is 2.94. The molecule has 0 saturated heterocycles. The van der Waals surface area contributed by atoms with Crippen LogP contribution in [0.1, 0.15) is 39.5 Å². The topological polar surface area (TPSA) is 29.1 Å². The number of amides is 1. The molecule has 0 heterocycles. The fourth-order valence-corrected chi connectivity index (χ4v) is 2.25. The molecule has 1 N–H and O–H groups in total.